The molecule has 0 aromatic rings. The Labute approximate surface area is 151 Å². The van der Waals surface area contributed by atoms with E-state index >= 15 is 0 Å². The number of amides is 1. The minimum atomic E-state index is -0.810. The van der Waals surface area contributed by atoms with Gasteiger partial charge in [0.25, 0.3) is 0 Å². The van der Waals surface area contributed by atoms with E-state index in [9.17, 15) is 14.7 Å². The number of aliphatic carboxylic acids is 1. The van der Waals surface area contributed by atoms with Crippen LogP contribution in [0.15, 0.2) is 12.2 Å². The van der Waals surface area contributed by atoms with E-state index in [2.05, 4.69) is 11.4 Å². The van der Waals surface area contributed by atoms with Crippen LogP contribution in [-0.4, -0.2) is 23.0 Å². The van der Waals surface area contributed by atoms with Crippen LogP contribution in [-0.2, 0) is 9.59 Å². The normalized spacial score (nSPS) is 34.2. The van der Waals surface area contributed by atoms with Gasteiger partial charge in [-0.15, -0.1) is 0 Å². The smallest absolute Gasteiger partial charge is 0.307 e. The van der Waals surface area contributed by atoms with Gasteiger partial charge in [0, 0.05) is 6.04 Å². The molecule has 1 amide bonds. The van der Waals surface area contributed by atoms with E-state index < -0.39 is 11.9 Å². The summed E-state index contributed by atoms with van der Waals surface area (Å²) in [4.78, 5) is 24.5. The molecule has 0 aromatic heterocycles. The van der Waals surface area contributed by atoms with Gasteiger partial charge in [-0.3, -0.25) is 9.59 Å². The second-order valence-electron chi connectivity index (χ2n) is 8.30. The molecular weight excluding hydrogens is 314 g/mol. The molecule has 2 N–H and O–H groups in total. The Morgan fingerprint density at radius 1 is 0.760 bits per heavy atom. The quantitative estimate of drug-likeness (QED) is 0.748. The first-order valence-corrected chi connectivity index (χ1v) is 10.4. The third-order valence-corrected chi connectivity index (χ3v) is 6.50. The molecule has 0 unspecified atom stereocenters. The highest BCUT2D eigenvalue weighted by molar-refractivity contribution is 5.87. The summed E-state index contributed by atoms with van der Waals surface area (Å²) < 4.78 is 0. The molecule has 4 nitrogen and oxygen atoms in total. The minimum Gasteiger partial charge on any atom is -0.481 e. The molecule has 0 heterocycles. The summed E-state index contributed by atoms with van der Waals surface area (Å²) in [5.41, 5.74) is 0. The third-order valence-electron chi connectivity index (χ3n) is 6.50. The predicted molar refractivity (Wildman–Crippen MR) is 98.1 cm³/mol. The van der Waals surface area contributed by atoms with Crippen LogP contribution in [0.3, 0.4) is 0 Å². The molecule has 3 rings (SSSR count). The van der Waals surface area contributed by atoms with Gasteiger partial charge >= 0.3 is 5.97 Å². The van der Waals surface area contributed by atoms with Gasteiger partial charge in [-0.05, 0) is 31.1 Å². The molecule has 2 bridgehead atoms. The van der Waals surface area contributed by atoms with E-state index in [1.807, 2.05) is 6.08 Å². The Balaban J connectivity index is 1.57. The Hall–Kier alpha value is -1.32. The zero-order chi connectivity index (χ0) is 17.6. The van der Waals surface area contributed by atoms with E-state index in [1.165, 1.54) is 57.8 Å². The second-order valence-corrected chi connectivity index (χ2v) is 8.30. The van der Waals surface area contributed by atoms with Crippen molar-refractivity contribution in [2.24, 2.45) is 23.7 Å². The van der Waals surface area contributed by atoms with Crippen molar-refractivity contribution in [2.45, 2.75) is 83.1 Å². The van der Waals surface area contributed by atoms with Crippen molar-refractivity contribution in [3.05, 3.63) is 12.2 Å². The average molecular weight is 347 g/mol. The topological polar surface area (TPSA) is 66.4 Å². The van der Waals surface area contributed by atoms with Crippen LogP contribution in [0.5, 0.6) is 0 Å². The Morgan fingerprint density at radius 2 is 1.24 bits per heavy atom. The van der Waals surface area contributed by atoms with Crippen molar-refractivity contribution < 1.29 is 14.7 Å². The number of fused-ring (bicyclic) bond motifs is 2. The number of hydrogen-bond donors (Lipinski definition) is 2. The lowest BCUT2D eigenvalue weighted by molar-refractivity contribution is -0.148. The molecule has 3 aliphatic rings. The molecule has 140 valence electrons. The SMILES string of the molecule is O=C(NC1CCCCCCCCCCC1)[C@@H]1[C@@H](C(=O)O)[C@H]2C=C[C@@H]1C2. The summed E-state index contributed by atoms with van der Waals surface area (Å²) in [6, 6.07) is 0.226. The lowest BCUT2D eigenvalue weighted by Gasteiger charge is -2.27. The Morgan fingerprint density at radius 3 is 1.76 bits per heavy atom. The number of rotatable bonds is 3. The van der Waals surface area contributed by atoms with E-state index in [1.54, 1.807) is 0 Å². The molecule has 4 atom stereocenters. The summed E-state index contributed by atoms with van der Waals surface area (Å²) in [6.45, 7) is 0. The fraction of sp³-hybridized carbons (Fsp3) is 0.810. The second kappa shape index (κ2) is 8.86. The maximum absolute atomic E-state index is 12.9. The standard InChI is InChI=1S/C21H33NO3/c23-20(18-15-12-13-16(14-15)19(18)21(24)25)22-17-10-8-6-4-2-1-3-5-7-9-11-17/h12-13,15-19H,1-11,14H2,(H,22,23)(H,24,25)/t15-,16+,18+,19+/m1/s1. The summed E-state index contributed by atoms with van der Waals surface area (Å²) in [5, 5.41) is 12.8. The first kappa shape index (κ1) is 18.5. The minimum absolute atomic E-state index is 0.0126. The van der Waals surface area contributed by atoms with Crippen molar-refractivity contribution in [3.63, 3.8) is 0 Å². The van der Waals surface area contributed by atoms with Crippen LogP contribution in [0.4, 0.5) is 0 Å². The van der Waals surface area contributed by atoms with Crippen molar-refractivity contribution in [2.75, 3.05) is 0 Å². The first-order valence-electron chi connectivity index (χ1n) is 10.4. The van der Waals surface area contributed by atoms with Crippen molar-refractivity contribution in [3.8, 4) is 0 Å². The number of carboxylic acid groups (broad SMARTS) is 1. The van der Waals surface area contributed by atoms with E-state index in [4.69, 9.17) is 0 Å². The van der Waals surface area contributed by atoms with Gasteiger partial charge in [-0.2, -0.15) is 0 Å². The molecule has 0 spiro atoms. The molecule has 0 aliphatic heterocycles. The molecule has 0 aromatic carbocycles. The van der Waals surface area contributed by atoms with Gasteiger partial charge in [0.15, 0.2) is 0 Å². The van der Waals surface area contributed by atoms with Crippen molar-refractivity contribution >= 4 is 11.9 Å². The van der Waals surface area contributed by atoms with Crippen LogP contribution >= 0.6 is 0 Å². The molecule has 3 aliphatic carbocycles. The van der Waals surface area contributed by atoms with Crippen LogP contribution in [0.2, 0.25) is 0 Å². The number of carbonyl (C=O) groups excluding carboxylic acids is 1. The lowest BCUT2D eigenvalue weighted by atomic mass is 9.82. The largest absolute Gasteiger partial charge is 0.481 e. The molecule has 0 radical (unpaired) electrons. The van der Waals surface area contributed by atoms with Crippen LogP contribution in [0.1, 0.15) is 77.0 Å². The zero-order valence-electron chi connectivity index (χ0n) is 15.3. The molecular formula is C21H33NO3. The lowest BCUT2D eigenvalue weighted by Crippen LogP contribution is -2.44. The van der Waals surface area contributed by atoms with Gasteiger partial charge in [0.2, 0.25) is 5.91 Å². The predicted octanol–water partition coefficient (Wildman–Crippen LogP) is 4.30. The summed E-state index contributed by atoms with van der Waals surface area (Å²) in [5.74, 6) is -1.54. The van der Waals surface area contributed by atoms with Crippen LogP contribution in [0, 0.1) is 23.7 Å². The molecule has 0 saturated heterocycles. The van der Waals surface area contributed by atoms with Gasteiger partial charge in [-0.1, -0.05) is 69.9 Å². The Kier molecular flexibility index (Phi) is 6.55. The van der Waals surface area contributed by atoms with E-state index in [0.29, 0.717) is 0 Å². The maximum Gasteiger partial charge on any atom is 0.307 e. The fourth-order valence-corrected chi connectivity index (χ4v) is 5.12. The molecule has 2 fully saturated rings. The van der Waals surface area contributed by atoms with Gasteiger partial charge in [-0.25, -0.2) is 0 Å². The van der Waals surface area contributed by atoms with Gasteiger partial charge < -0.3 is 10.4 Å². The van der Waals surface area contributed by atoms with Crippen molar-refractivity contribution in [1.82, 2.24) is 5.32 Å². The number of allylic oxidation sites excluding steroid dienone is 2. The van der Waals surface area contributed by atoms with Crippen molar-refractivity contribution in [1.29, 1.82) is 0 Å². The monoisotopic (exact) mass is 347 g/mol. The average Bonchev–Trinajstić information content (AvgIpc) is 3.18. The number of carbonyl (C=O) groups is 2. The highest BCUT2D eigenvalue weighted by Crippen LogP contribution is 2.48. The highest BCUT2D eigenvalue weighted by Gasteiger charge is 2.51. The number of hydrogen-bond acceptors (Lipinski definition) is 2. The van der Waals surface area contributed by atoms with E-state index in [-0.39, 0.29) is 29.7 Å². The number of nitrogens with one attached hydrogen (secondary N) is 1. The highest BCUT2D eigenvalue weighted by atomic mass is 16.4. The van der Waals surface area contributed by atoms with Gasteiger partial charge in [0.1, 0.15) is 0 Å². The summed E-state index contributed by atoms with van der Waals surface area (Å²) in [6.07, 6.45) is 18.5. The first-order chi connectivity index (χ1) is 12.2. The molecule has 25 heavy (non-hydrogen) atoms. The van der Waals surface area contributed by atoms with Crippen LogP contribution in [0.25, 0.3) is 0 Å². The molecule has 2 saturated carbocycles. The van der Waals surface area contributed by atoms with E-state index in [0.717, 1.165) is 19.3 Å². The third kappa shape index (κ3) is 4.65. The molecule has 4 heteroatoms. The zero-order valence-corrected chi connectivity index (χ0v) is 15.3. The maximum atomic E-state index is 12.9. The Bertz CT molecular complexity index is 489. The fourth-order valence-electron chi connectivity index (χ4n) is 5.12. The van der Waals surface area contributed by atoms with Crippen LogP contribution < -0.4 is 5.32 Å². The summed E-state index contributed by atoms with van der Waals surface area (Å²) in [7, 11) is 0. The summed E-state index contributed by atoms with van der Waals surface area (Å²) >= 11 is 0. The number of carboxylic acids is 1. The van der Waals surface area contributed by atoms with Gasteiger partial charge in [0.05, 0.1) is 11.8 Å².